The first kappa shape index (κ1) is 21.4. The molecule has 0 radical (unpaired) electrons. The topological polar surface area (TPSA) is 103 Å². The van der Waals surface area contributed by atoms with E-state index < -0.39 is 0 Å². The van der Waals surface area contributed by atoms with Crippen LogP contribution in [-0.2, 0) is 11.8 Å². The molecule has 31 heavy (non-hydrogen) atoms. The number of nitriles is 1. The lowest BCUT2D eigenvalue weighted by Crippen LogP contribution is -2.45. The van der Waals surface area contributed by atoms with Crippen LogP contribution in [0.2, 0.25) is 5.02 Å². The molecule has 2 aromatic rings. The molecule has 1 saturated carbocycles. The van der Waals surface area contributed by atoms with E-state index in [0.717, 1.165) is 50.9 Å². The van der Waals surface area contributed by atoms with Gasteiger partial charge in [-0.1, -0.05) is 11.6 Å². The standard InChI is InChI=1S/C21H27ClN8O/c1-28-13-15(11-25-28)26-20-24-12-17(22)19(27-20)29(2)16-4-7-21(10-16)6-3-9-30(14-21)18(31)5-8-23/h11-13,16H,3-7,9-10,14H2,1-2H3,(H,24,26,27)/t16-,21?/m0/s1. The van der Waals surface area contributed by atoms with Crippen molar-refractivity contribution in [1.82, 2.24) is 24.6 Å². The maximum atomic E-state index is 12.3. The van der Waals surface area contributed by atoms with Crippen molar-refractivity contribution in [3.8, 4) is 6.07 Å². The highest BCUT2D eigenvalue weighted by Crippen LogP contribution is 2.47. The Bertz CT molecular complexity index is 1000. The van der Waals surface area contributed by atoms with E-state index in [2.05, 4.69) is 25.3 Å². The van der Waals surface area contributed by atoms with Crippen molar-refractivity contribution in [1.29, 1.82) is 5.26 Å². The number of amides is 1. The van der Waals surface area contributed by atoms with Crippen molar-refractivity contribution in [3.05, 3.63) is 23.6 Å². The van der Waals surface area contributed by atoms with Crippen LogP contribution in [0.25, 0.3) is 0 Å². The molecular weight excluding hydrogens is 416 g/mol. The number of rotatable bonds is 5. The van der Waals surface area contributed by atoms with Crippen molar-refractivity contribution < 1.29 is 4.79 Å². The Balaban J connectivity index is 1.46. The molecule has 1 aliphatic heterocycles. The first-order valence-corrected chi connectivity index (χ1v) is 10.9. The van der Waals surface area contributed by atoms with Crippen LogP contribution in [0.1, 0.15) is 38.5 Å². The van der Waals surface area contributed by atoms with E-state index in [9.17, 15) is 4.79 Å². The molecule has 2 fully saturated rings. The molecule has 10 heteroatoms. The minimum absolute atomic E-state index is 0.0390. The van der Waals surface area contributed by atoms with E-state index >= 15 is 0 Å². The predicted octanol–water partition coefficient (Wildman–Crippen LogP) is 3.12. The van der Waals surface area contributed by atoms with Gasteiger partial charge in [0.25, 0.3) is 0 Å². The van der Waals surface area contributed by atoms with E-state index in [1.807, 2.05) is 31.3 Å². The van der Waals surface area contributed by atoms with Gasteiger partial charge in [0.1, 0.15) is 11.4 Å². The van der Waals surface area contributed by atoms with Gasteiger partial charge in [-0.25, -0.2) is 4.98 Å². The molecule has 1 unspecified atom stereocenters. The number of aromatic nitrogens is 4. The van der Waals surface area contributed by atoms with Crippen LogP contribution in [0.15, 0.2) is 18.6 Å². The van der Waals surface area contributed by atoms with Crippen LogP contribution in [0.3, 0.4) is 0 Å². The Morgan fingerprint density at radius 3 is 3.03 bits per heavy atom. The predicted molar refractivity (Wildman–Crippen MR) is 118 cm³/mol. The Morgan fingerprint density at radius 2 is 2.29 bits per heavy atom. The summed E-state index contributed by atoms with van der Waals surface area (Å²) in [7, 11) is 3.87. The molecule has 3 heterocycles. The summed E-state index contributed by atoms with van der Waals surface area (Å²) in [5.41, 5.74) is 0.918. The fraction of sp³-hybridized carbons (Fsp3) is 0.571. The van der Waals surface area contributed by atoms with E-state index in [-0.39, 0.29) is 23.8 Å². The molecule has 0 bridgehead atoms. The fourth-order valence-electron chi connectivity index (χ4n) is 4.93. The van der Waals surface area contributed by atoms with Crippen molar-refractivity contribution in [3.63, 3.8) is 0 Å². The Morgan fingerprint density at radius 1 is 1.45 bits per heavy atom. The third-order valence-corrected chi connectivity index (χ3v) is 6.76. The first-order valence-electron chi connectivity index (χ1n) is 10.5. The summed E-state index contributed by atoms with van der Waals surface area (Å²) in [5, 5.41) is 16.7. The SMILES string of the molecule is CN(c1nc(Nc2cnn(C)c2)ncc1Cl)[C@H]1CCC2(CCCN(C(=O)CC#N)C2)C1. The second-order valence-electron chi connectivity index (χ2n) is 8.65. The number of aryl methyl sites for hydroxylation is 1. The molecule has 1 aliphatic carbocycles. The summed E-state index contributed by atoms with van der Waals surface area (Å²) in [6, 6.07) is 2.27. The summed E-state index contributed by atoms with van der Waals surface area (Å²) in [6.45, 7) is 1.49. The molecule has 2 atom stereocenters. The zero-order chi connectivity index (χ0) is 22.0. The monoisotopic (exact) mass is 442 g/mol. The van der Waals surface area contributed by atoms with E-state index in [1.54, 1.807) is 17.1 Å². The van der Waals surface area contributed by atoms with Gasteiger partial charge in [-0.05, 0) is 37.5 Å². The number of likely N-dealkylation sites (tertiary alicyclic amines) is 1. The lowest BCUT2D eigenvalue weighted by atomic mass is 9.78. The van der Waals surface area contributed by atoms with Crippen molar-refractivity contribution in [2.24, 2.45) is 12.5 Å². The number of nitrogens with zero attached hydrogens (tertiary/aromatic N) is 7. The Labute approximate surface area is 187 Å². The number of piperidine rings is 1. The van der Waals surface area contributed by atoms with Gasteiger partial charge < -0.3 is 15.1 Å². The average Bonchev–Trinajstić information content (AvgIpc) is 3.35. The van der Waals surface area contributed by atoms with Gasteiger partial charge in [-0.2, -0.15) is 15.3 Å². The highest BCUT2D eigenvalue weighted by molar-refractivity contribution is 6.32. The average molecular weight is 443 g/mol. The number of nitrogens with one attached hydrogen (secondary N) is 1. The van der Waals surface area contributed by atoms with Crippen LogP contribution in [0.4, 0.5) is 17.5 Å². The molecule has 2 aliphatic rings. The largest absolute Gasteiger partial charge is 0.355 e. The fourth-order valence-corrected chi connectivity index (χ4v) is 5.16. The minimum atomic E-state index is -0.0525. The maximum Gasteiger partial charge on any atom is 0.236 e. The second kappa shape index (κ2) is 8.71. The van der Waals surface area contributed by atoms with Crippen LogP contribution in [0.5, 0.6) is 0 Å². The number of carbonyl (C=O) groups is 1. The normalized spacial score (nSPS) is 23.0. The third kappa shape index (κ3) is 4.59. The van der Waals surface area contributed by atoms with Crippen molar-refractivity contribution >= 4 is 35.0 Å². The zero-order valence-electron chi connectivity index (χ0n) is 17.9. The van der Waals surface area contributed by atoms with E-state index in [4.69, 9.17) is 16.9 Å². The zero-order valence-corrected chi connectivity index (χ0v) is 18.6. The summed E-state index contributed by atoms with van der Waals surface area (Å²) in [6.07, 6.45) is 10.3. The Kier molecular flexibility index (Phi) is 6.01. The van der Waals surface area contributed by atoms with Gasteiger partial charge in [0.2, 0.25) is 11.9 Å². The lowest BCUT2D eigenvalue weighted by molar-refractivity contribution is -0.133. The molecule has 4 rings (SSSR count). The molecule has 164 valence electrons. The highest BCUT2D eigenvalue weighted by atomic mass is 35.5. The molecule has 1 amide bonds. The van der Waals surface area contributed by atoms with Crippen LogP contribution in [0, 0.1) is 16.7 Å². The summed E-state index contributed by atoms with van der Waals surface area (Å²) in [5.74, 6) is 1.11. The van der Waals surface area contributed by atoms with Crippen molar-refractivity contribution in [2.75, 3.05) is 30.4 Å². The minimum Gasteiger partial charge on any atom is -0.355 e. The van der Waals surface area contributed by atoms with Crippen LogP contribution < -0.4 is 10.2 Å². The number of carbonyl (C=O) groups excluding carboxylic acids is 1. The van der Waals surface area contributed by atoms with Crippen molar-refractivity contribution in [2.45, 2.75) is 44.6 Å². The molecule has 9 nitrogen and oxygen atoms in total. The molecule has 1 saturated heterocycles. The van der Waals surface area contributed by atoms with Crippen LogP contribution >= 0.6 is 11.6 Å². The number of anilines is 3. The van der Waals surface area contributed by atoms with Gasteiger partial charge in [0.05, 0.1) is 24.2 Å². The molecule has 1 spiro atoms. The Hall–Kier alpha value is -2.86. The van der Waals surface area contributed by atoms with Gasteiger partial charge in [-0.3, -0.25) is 9.48 Å². The highest BCUT2D eigenvalue weighted by Gasteiger charge is 2.44. The number of hydrogen-bond donors (Lipinski definition) is 1. The van der Waals surface area contributed by atoms with Gasteiger partial charge in [0, 0.05) is 39.4 Å². The first-order chi connectivity index (χ1) is 14.9. The molecule has 1 N–H and O–H groups in total. The van der Waals surface area contributed by atoms with E-state index in [1.165, 1.54) is 0 Å². The van der Waals surface area contributed by atoms with Crippen LogP contribution in [-0.4, -0.2) is 56.7 Å². The third-order valence-electron chi connectivity index (χ3n) is 6.49. The summed E-state index contributed by atoms with van der Waals surface area (Å²) < 4.78 is 1.71. The van der Waals surface area contributed by atoms with E-state index in [0.29, 0.717) is 16.8 Å². The molecule has 2 aromatic heterocycles. The smallest absolute Gasteiger partial charge is 0.236 e. The quantitative estimate of drug-likeness (QED) is 0.758. The maximum absolute atomic E-state index is 12.3. The summed E-state index contributed by atoms with van der Waals surface area (Å²) in [4.78, 5) is 25.2. The molecular formula is C21H27ClN8O. The lowest BCUT2D eigenvalue weighted by Gasteiger charge is -2.41. The molecule has 0 aromatic carbocycles. The number of hydrogen-bond acceptors (Lipinski definition) is 7. The van der Waals surface area contributed by atoms with Gasteiger partial charge in [-0.15, -0.1) is 0 Å². The number of halogens is 1. The summed E-state index contributed by atoms with van der Waals surface area (Å²) >= 11 is 6.46. The van der Waals surface area contributed by atoms with Gasteiger partial charge in [0.15, 0.2) is 5.82 Å². The second-order valence-corrected chi connectivity index (χ2v) is 9.06. The van der Waals surface area contributed by atoms with Gasteiger partial charge >= 0.3 is 0 Å².